The van der Waals surface area contributed by atoms with Gasteiger partial charge in [0.15, 0.2) is 0 Å². The molecule has 0 aromatic heterocycles. The minimum atomic E-state index is -0.0660. The van der Waals surface area contributed by atoms with Crippen LogP contribution in [0, 0.1) is 0 Å². The van der Waals surface area contributed by atoms with E-state index in [2.05, 4.69) is 24.5 Å². The summed E-state index contributed by atoms with van der Waals surface area (Å²) in [5.41, 5.74) is -0.0660. The van der Waals surface area contributed by atoms with Crippen molar-refractivity contribution in [3.05, 3.63) is 0 Å². The van der Waals surface area contributed by atoms with Gasteiger partial charge in [0.1, 0.15) is 0 Å². The van der Waals surface area contributed by atoms with Crippen LogP contribution < -0.4 is 10.6 Å². The molecule has 92 valence electrons. The maximum Gasteiger partial charge on any atom is 0.0746 e. The number of hydrogen-bond donors (Lipinski definition) is 2. The Labute approximate surface area is 93.7 Å². The van der Waals surface area contributed by atoms with Crippen LogP contribution in [0.2, 0.25) is 0 Å². The van der Waals surface area contributed by atoms with Crippen LogP contribution in [-0.2, 0) is 9.47 Å². The molecule has 0 heterocycles. The molecule has 0 aromatic carbocycles. The topological polar surface area (TPSA) is 42.5 Å². The van der Waals surface area contributed by atoms with E-state index in [9.17, 15) is 0 Å². The number of hydrogen-bond acceptors (Lipinski definition) is 4. The Morgan fingerprint density at radius 2 is 1.67 bits per heavy atom. The summed E-state index contributed by atoms with van der Waals surface area (Å²) in [7, 11) is 3.46. The zero-order valence-electron chi connectivity index (χ0n) is 10.6. The lowest BCUT2D eigenvalue weighted by molar-refractivity contribution is 0.0234. The Hall–Kier alpha value is -0.160. The first-order chi connectivity index (χ1) is 7.12. The van der Waals surface area contributed by atoms with E-state index in [0.29, 0.717) is 0 Å². The third-order valence-electron chi connectivity index (χ3n) is 2.29. The fourth-order valence-corrected chi connectivity index (χ4v) is 1.10. The molecule has 0 rings (SSSR count). The van der Waals surface area contributed by atoms with Gasteiger partial charge in [-0.2, -0.15) is 0 Å². The van der Waals surface area contributed by atoms with Gasteiger partial charge in [0.25, 0.3) is 0 Å². The van der Waals surface area contributed by atoms with Crippen molar-refractivity contribution in [2.45, 2.75) is 25.9 Å². The Bertz CT molecular complexity index is 141. The molecule has 15 heavy (non-hydrogen) atoms. The smallest absolute Gasteiger partial charge is 0.0746 e. The average molecular weight is 218 g/mol. The maximum atomic E-state index is 5.30. The second-order valence-corrected chi connectivity index (χ2v) is 4.24. The molecule has 4 nitrogen and oxygen atoms in total. The fourth-order valence-electron chi connectivity index (χ4n) is 1.10. The third kappa shape index (κ3) is 10.1. The van der Waals surface area contributed by atoms with Crippen molar-refractivity contribution in [3.63, 3.8) is 0 Å². The van der Waals surface area contributed by atoms with Crippen molar-refractivity contribution < 1.29 is 9.47 Å². The van der Waals surface area contributed by atoms with Crippen molar-refractivity contribution in [1.82, 2.24) is 10.6 Å². The predicted octanol–water partition coefficient (Wildman–Crippen LogP) is 0.627. The molecule has 4 heteroatoms. The standard InChI is InChI=1S/C11H26N2O2/c1-11(2,15-4)10-13-7-5-6-12-8-9-14-3/h12-13H,5-10H2,1-4H3. The van der Waals surface area contributed by atoms with Gasteiger partial charge < -0.3 is 20.1 Å². The minimum Gasteiger partial charge on any atom is -0.383 e. The molecule has 0 aliphatic heterocycles. The van der Waals surface area contributed by atoms with E-state index < -0.39 is 0 Å². The highest BCUT2D eigenvalue weighted by molar-refractivity contribution is 4.70. The molecule has 0 saturated carbocycles. The van der Waals surface area contributed by atoms with Crippen molar-refractivity contribution in [1.29, 1.82) is 0 Å². The molecule has 0 atom stereocenters. The first kappa shape index (κ1) is 14.8. The van der Waals surface area contributed by atoms with Gasteiger partial charge in [-0.1, -0.05) is 0 Å². The van der Waals surface area contributed by atoms with Gasteiger partial charge >= 0.3 is 0 Å². The summed E-state index contributed by atoms with van der Waals surface area (Å²) in [6.45, 7) is 8.82. The lowest BCUT2D eigenvalue weighted by Gasteiger charge is -2.23. The molecule has 0 aliphatic rings. The summed E-state index contributed by atoms with van der Waals surface area (Å²) in [6.07, 6.45) is 1.13. The Morgan fingerprint density at radius 3 is 2.27 bits per heavy atom. The molecule has 0 aromatic rings. The first-order valence-corrected chi connectivity index (χ1v) is 5.58. The molecular weight excluding hydrogens is 192 g/mol. The van der Waals surface area contributed by atoms with Gasteiger partial charge in [0.05, 0.1) is 12.2 Å². The second-order valence-electron chi connectivity index (χ2n) is 4.24. The van der Waals surface area contributed by atoms with Crippen LogP contribution >= 0.6 is 0 Å². The van der Waals surface area contributed by atoms with Crippen molar-refractivity contribution >= 4 is 0 Å². The molecule has 0 bridgehead atoms. The van der Waals surface area contributed by atoms with E-state index in [4.69, 9.17) is 9.47 Å². The van der Waals surface area contributed by atoms with Crippen molar-refractivity contribution in [3.8, 4) is 0 Å². The molecule has 2 N–H and O–H groups in total. The van der Waals surface area contributed by atoms with Crippen LogP contribution in [0.15, 0.2) is 0 Å². The maximum absolute atomic E-state index is 5.30. The number of methoxy groups -OCH3 is 2. The molecule has 0 amide bonds. The number of ether oxygens (including phenoxy) is 2. The van der Waals surface area contributed by atoms with Gasteiger partial charge in [-0.3, -0.25) is 0 Å². The summed E-state index contributed by atoms with van der Waals surface area (Å²) < 4.78 is 10.2. The highest BCUT2D eigenvalue weighted by atomic mass is 16.5. The fraction of sp³-hybridized carbons (Fsp3) is 1.00. The van der Waals surface area contributed by atoms with E-state index in [-0.39, 0.29) is 5.60 Å². The van der Waals surface area contributed by atoms with E-state index in [1.54, 1.807) is 14.2 Å². The number of rotatable bonds is 10. The molecule has 0 unspecified atom stereocenters. The minimum absolute atomic E-state index is 0.0660. The van der Waals surface area contributed by atoms with Crippen molar-refractivity contribution in [2.75, 3.05) is 47.0 Å². The summed E-state index contributed by atoms with van der Waals surface area (Å²) in [4.78, 5) is 0. The predicted molar refractivity (Wildman–Crippen MR) is 63.3 cm³/mol. The van der Waals surface area contributed by atoms with Crippen LogP contribution in [0.4, 0.5) is 0 Å². The molecule has 0 spiro atoms. The van der Waals surface area contributed by atoms with E-state index in [0.717, 1.165) is 39.2 Å². The van der Waals surface area contributed by atoms with Crippen LogP contribution in [0.5, 0.6) is 0 Å². The quantitative estimate of drug-likeness (QED) is 0.528. The van der Waals surface area contributed by atoms with Crippen molar-refractivity contribution in [2.24, 2.45) is 0 Å². The molecule has 0 radical (unpaired) electrons. The third-order valence-corrected chi connectivity index (χ3v) is 2.29. The van der Waals surface area contributed by atoms with E-state index in [1.165, 1.54) is 0 Å². The average Bonchev–Trinajstić information content (AvgIpc) is 2.22. The first-order valence-electron chi connectivity index (χ1n) is 5.58. The lowest BCUT2D eigenvalue weighted by atomic mass is 10.1. The van der Waals surface area contributed by atoms with Crippen LogP contribution in [0.3, 0.4) is 0 Å². The highest BCUT2D eigenvalue weighted by Gasteiger charge is 2.14. The van der Waals surface area contributed by atoms with E-state index in [1.807, 2.05) is 0 Å². The number of nitrogens with one attached hydrogen (secondary N) is 2. The summed E-state index contributed by atoms with van der Waals surface area (Å²) in [6, 6.07) is 0. The zero-order valence-corrected chi connectivity index (χ0v) is 10.6. The zero-order chi connectivity index (χ0) is 11.6. The SMILES string of the molecule is COCCNCCCNCC(C)(C)OC. The monoisotopic (exact) mass is 218 g/mol. The molecule has 0 fully saturated rings. The molecular formula is C11H26N2O2. The Balaban J connectivity index is 3.11. The molecule has 0 aliphatic carbocycles. The molecule has 0 saturated heterocycles. The van der Waals surface area contributed by atoms with Crippen LogP contribution in [-0.4, -0.2) is 52.6 Å². The Kier molecular flexibility index (Phi) is 9.00. The summed E-state index contributed by atoms with van der Waals surface area (Å²) in [5.74, 6) is 0. The van der Waals surface area contributed by atoms with Crippen LogP contribution in [0.25, 0.3) is 0 Å². The van der Waals surface area contributed by atoms with Gasteiger partial charge in [0, 0.05) is 27.3 Å². The normalized spacial score (nSPS) is 12.0. The lowest BCUT2D eigenvalue weighted by Crippen LogP contribution is -2.37. The van der Waals surface area contributed by atoms with Gasteiger partial charge in [0.2, 0.25) is 0 Å². The van der Waals surface area contributed by atoms with Crippen LogP contribution in [0.1, 0.15) is 20.3 Å². The van der Waals surface area contributed by atoms with E-state index >= 15 is 0 Å². The second kappa shape index (κ2) is 9.09. The Morgan fingerprint density at radius 1 is 1.00 bits per heavy atom. The highest BCUT2D eigenvalue weighted by Crippen LogP contribution is 2.04. The van der Waals surface area contributed by atoms with Gasteiger partial charge in [-0.05, 0) is 33.4 Å². The van der Waals surface area contributed by atoms with Gasteiger partial charge in [-0.15, -0.1) is 0 Å². The largest absolute Gasteiger partial charge is 0.383 e. The van der Waals surface area contributed by atoms with Gasteiger partial charge in [-0.25, -0.2) is 0 Å². The summed E-state index contributed by atoms with van der Waals surface area (Å²) in [5, 5.41) is 6.67. The summed E-state index contributed by atoms with van der Waals surface area (Å²) >= 11 is 0.